The van der Waals surface area contributed by atoms with E-state index >= 15 is 0 Å². The van der Waals surface area contributed by atoms with Crippen LogP contribution in [0.25, 0.3) is 0 Å². The molecule has 0 heterocycles. The molecular weight excluding hydrogens is 316 g/mol. The van der Waals surface area contributed by atoms with Crippen molar-refractivity contribution >= 4 is 27.3 Å². The fourth-order valence-corrected chi connectivity index (χ4v) is 3.03. The Balaban J connectivity index is 2.28. The van der Waals surface area contributed by atoms with Crippen LogP contribution in [0.2, 0.25) is 0 Å². The van der Waals surface area contributed by atoms with E-state index < -0.39 is 10.0 Å². The van der Waals surface area contributed by atoms with E-state index in [9.17, 15) is 13.2 Å². The van der Waals surface area contributed by atoms with Gasteiger partial charge >= 0.3 is 0 Å². The number of carbonyl (C=O) groups excluding carboxylic acids is 1. The molecule has 0 spiro atoms. The first-order valence-corrected chi connectivity index (χ1v) is 8.35. The van der Waals surface area contributed by atoms with Crippen LogP contribution < -0.4 is 14.8 Å². The van der Waals surface area contributed by atoms with Crippen LogP contribution in [-0.2, 0) is 14.8 Å². The average Bonchev–Trinajstić information content (AvgIpc) is 2.48. The maximum atomic E-state index is 12.4. The number of hydrogen-bond acceptors (Lipinski definition) is 4. The number of nitrogens with one attached hydrogen (secondary N) is 2. The minimum atomic E-state index is -3.68. The number of carbonyl (C=O) groups is 1. The van der Waals surface area contributed by atoms with Gasteiger partial charge in [-0.1, -0.05) is 17.7 Å². The highest BCUT2D eigenvalue weighted by Crippen LogP contribution is 2.29. The topological polar surface area (TPSA) is 84.5 Å². The number of ether oxygens (including phenoxy) is 1. The summed E-state index contributed by atoms with van der Waals surface area (Å²) in [6.45, 7) is 3.27. The van der Waals surface area contributed by atoms with E-state index in [4.69, 9.17) is 4.74 Å². The molecule has 122 valence electrons. The minimum Gasteiger partial charge on any atom is -0.494 e. The molecule has 23 heavy (non-hydrogen) atoms. The molecule has 0 aliphatic heterocycles. The Morgan fingerprint density at radius 2 is 1.74 bits per heavy atom. The van der Waals surface area contributed by atoms with Crippen LogP contribution in [0.3, 0.4) is 0 Å². The van der Waals surface area contributed by atoms with Gasteiger partial charge in [-0.2, -0.15) is 0 Å². The van der Waals surface area contributed by atoms with Crippen molar-refractivity contribution in [3.8, 4) is 5.75 Å². The summed E-state index contributed by atoms with van der Waals surface area (Å²) in [6.07, 6.45) is 0. The Hall–Kier alpha value is -2.54. The summed E-state index contributed by atoms with van der Waals surface area (Å²) in [5, 5.41) is 2.61. The molecule has 6 nitrogen and oxygen atoms in total. The van der Waals surface area contributed by atoms with Crippen LogP contribution in [-0.4, -0.2) is 21.4 Å². The van der Waals surface area contributed by atoms with Crippen LogP contribution in [0.4, 0.5) is 11.4 Å². The van der Waals surface area contributed by atoms with Crippen molar-refractivity contribution in [2.24, 2.45) is 0 Å². The number of benzene rings is 2. The molecule has 0 aliphatic rings. The smallest absolute Gasteiger partial charge is 0.261 e. The first kappa shape index (κ1) is 16.8. The van der Waals surface area contributed by atoms with Gasteiger partial charge < -0.3 is 10.1 Å². The molecule has 0 atom stereocenters. The molecule has 0 aromatic heterocycles. The summed E-state index contributed by atoms with van der Waals surface area (Å²) in [4.78, 5) is 11.3. The van der Waals surface area contributed by atoms with Gasteiger partial charge in [-0.05, 0) is 31.2 Å². The SMILES string of the molecule is COc1cc(NS(=O)(=O)c2ccc(C)cc2)ccc1NC(C)=O. The first-order chi connectivity index (χ1) is 10.8. The number of anilines is 2. The Morgan fingerprint density at radius 3 is 2.30 bits per heavy atom. The number of sulfonamides is 1. The van der Waals surface area contributed by atoms with E-state index in [1.165, 1.54) is 20.1 Å². The summed E-state index contributed by atoms with van der Waals surface area (Å²) >= 11 is 0. The van der Waals surface area contributed by atoms with Crippen LogP contribution in [0.15, 0.2) is 47.4 Å². The van der Waals surface area contributed by atoms with Gasteiger partial charge in [0.25, 0.3) is 10.0 Å². The number of methoxy groups -OCH3 is 1. The predicted octanol–water partition coefficient (Wildman–Crippen LogP) is 2.76. The normalized spacial score (nSPS) is 10.9. The second kappa shape index (κ2) is 6.70. The van der Waals surface area contributed by atoms with Gasteiger partial charge in [0.2, 0.25) is 5.91 Å². The van der Waals surface area contributed by atoms with Crippen molar-refractivity contribution in [2.75, 3.05) is 17.1 Å². The highest BCUT2D eigenvalue weighted by atomic mass is 32.2. The fourth-order valence-electron chi connectivity index (χ4n) is 1.98. The van der Waals surface area contributed by atoms with Crippen molar-refractivity contribution < 1.29 is 17.9 Å². The summed E-state index contributed by atoms with van der Waals surface area (Å²) < 4.78 is 32.4. The second-order valence-corrected chi connectivity index (χ2v) is 6.70. The molecular formula is C16H18N2O4S. The third kappa shape index (κ3) is 4.23. The first-order valence-electron chi connectivity index (χ1n) is 6.87. The molecule has 2 aromatic carbocycles. The molecule has 7 heteroatoms. The molecule has 0 bridgehead atoms. The molecule has 2 N–H and O–H groups in total. The summed E-state index contributed by atoms with van der Waals surface area (Å²) in [5.41, 5.74) is 1.79. The molecule has 0 fully saturated rings. The zero-order valence-electron chi connectivity index (χ0n) is 13.1. The molecule has 0 aliphatic carbocycles. The van der Waals surface area contributed by atoms with Gasteiger partial charge in [-0.3, -0.25) is 9.52 Å². The van der Waals surface area contributed by atoms with Gasteiger partial charge in [0, 0.05) is 13.0 Å². The van der Waals surface area contributed by atoms with Crippen LogP contribution in [0, 0.1) is 6.92 Å². The zero-order chi connectivity index (χ0) is 17.0. The minimum absolute atomic E-state index is 0.174. The van der Waals surface area contributed by atoms with Gasteiger partial charge in [-0.25, -0.2) is 8.42 Å². The maximum Gasteiger partial charge on any atom is 0.261 e. The van der Waals surface area contributed by atoms with Crippen LogP contribution in [0.5, 0.6) is 5.75 Å². The number of amides is 1. The molecule has 2 aromatic rings. The zero-order valence-corrected chi connectivity index (χ0v) is 13.9. The number of hydrogen-bond donors (Lipinski definition) is 2. The Kier molecular flexibility index (Phi) is 4.90. The van der Waals surface area contributed by atoms with Gasteiger partial charge in [0.15, 0.2) is 0 Å². The average molecular weight is 334 g/mol. The standard InChI is InChI=1S/C16H18N2O4S/c1-11-4-7-14(8-5-11)23(20,21)18-13-6-9-15(17-12(2)19)16(10-13)22-3/h4-10,18H,1-3H3,(H,17,19). The van der Waals surface area contributed by atoms with Gasteiger partial charge in [0.05, 0.1) is 23.4 Å². The molecule has 0 radical (unpaired) electrons. The van der Waals surface area contributed by atoms with Crippen molar-refractivity contribution in [3.63, 3.8) is 0 Å². The lowest BCUT2D eigenvalue weighted by molar-refractivity contribution is -0.114. The monoisotopic (exact) mass is 334 g/mol. The van der Waals surface area contributed by atoms with E-state index in [-0.39, 0.29) is 10.8 Å². The van der Waals surface area contributed by atoms with E-state index in [0.717, 1.165) is 5.56 Å². The third-order valence-corrected chi connectivity index (χ3v) is 4.49. The van der Waals surface area contributed by atoms with Crippen molar-refractivity contribution in [1.29, 1.82) is 0 Å². The highest BCUT2D eigenvalue weighted by molar-refractivity contribution is 7.92. The predicted molar refractivity (Wildman–Crippen MR) is 89.3 cm³/mol. The quantitative estimate of drug-likeness (QED) is 0.880. The highest BCUT2D eigenvalue weighted by Gasteiger charge is 2.15. The Bertz CT molecular complexity index is 814. The molecule has 0 unspecified atom stereocenters. The van der Waals surface area contributed by atoms with Crippen LogP contribution >= 0.6 is 0 Å². The largest absolute Gasteiger partial charge is 0.494 e. The van der Waals surface area contributed by atoms with Crippen molar-refractivity contribution in [3.05, 3.63) is 48.0 Å². The van der Waals surface area contributed by atoms with E-state index in [1.54, 1.807) is 36.4 Å². The summed E-state index contributed by atoms with van der Waals surface area (Å²) in [7, 11) is -2.24. The summed E-state index contributed by atoms with van der Waals surface area (Å²) in [5.74, 6) is 0.126. The fraction of sp³-hybridized carbons (Fsp3) is 0.188. The lowest BCUT2D eigenvalue weighted by Crippen LogP contribution is -2.13. The van der Waals surface area contributed by atoms with E-state index in [0.29, 0.717) is 17.1 Å². The van der Waals surface area contributed by atoms with Crippen molar-refractivity contribution in [2.45, 2.75) is 18.7 Å². The lowest BCUT2D eigenvalue weighted by Gasteiger charge is -2.13. The lowest BCUT2D eigenvalue weighted by atomic mass is 10.2. The molecule has 0 saturated carbocycles. The van der Waals surface area contributed by atoms with E-state index in [1.807, 2.05) is 6.92 Å². The summed E-state index contributed by atoms with van der Waals surface area (Å²) in [6, 6.07) is 11.2. The van der Waals surface area contributed by atoms with Gasteiger partial charge in [0.1, 0.15) is 5.75 Å². The Morgan fingerprint density at radius 1 is 1.09 bits per heavy atom. The molecule has 2 rings (SSSR count). The Labute approximate surface area is 135 Å². The number of aryl methyl sites for hydroxylation is 1. The second-order valence-electron chi connectivity index (χ2n) is 5.01. The molecule has 1 amide bonds. The molecule has 0 saturated heterocycles. The van der Waals surface area contributed by atoms with E-state index in [2.05, 4.69) is 10.0 Å². The van der Waals surface area contributed by atoms with Gasteiger partial charge in [-0.15, -0.1) is 0 Å². The third-order valence-electron chi connectivity index (χ3n) is 3.10. The van der Waals surface area contributed by atoms with Crippen molar-refractivity contribution in [1.82, 2.24) is 0 Å². The maximum absolute atomic E-state index is 12.4. The number of rotatable bonds is 5. The van der Waals surface area contributed by atoms with Crippen LogP contribution in [0.1, 0.15) is 12.5 Å².